The zero-order valence-corrected chi connectivity index (χ0v) is 11.4. The van der Waals surface area contributed by atoms with Gasteiger partial charge in [0.2, 0.25) is 0 Å². The highest BCUT2D eigenvalue weighted by molar-refractivity contribution is 4.68. The van der Waals surface area contributed by atoms with Crippen LogP contribution in [-0.2, 0) is 18.9 Å². The molecule has 106 valence electrons. The minimum Gasteiger partial charge on any atom is -0.379 e. The van der Waals surface area contributed by atoms with Gasteiger partial charge in [0.1, 0.15) is 12.2 Å². The first-order valence-corrected chi connectivity index (χ1v) is 7.23. The Morgan fingerprint density at radius 1 is 1.00 bits per heavy atom. The van der Waals surface area contributed by atoms with Gasteiger partial charge >= 0.3 is 0 Å². The third-order valence-electron chi connectivity index (χ3n) is 3.30. The van der Waals surface area contributed by atoms with Crippen LogP contribution in [0.2, 0.25) is 0 Å². The lowest BCUT2D eigenvalue weighted by molar-refractivity contribution is 0.0865. The van der Waals surface area contributed by atoms with Gasteiger partial charge in [0, 0.05) is 13.2 Å². The molecule has 0 spiro atoms. The topological polar surface area (TPSA) is 43.5 Å². The number of hydrogen-bond donors (Lipinski definition) is 0. The molecule has 2 aliphatic heterocycles. The average molecular weight is 258 g/mol. The molecule has 4 heteroatoms. The Hall–Kier alpha value is -0.160. The van der Waals surface area contributed by atoms with E-state index in [0.717, 1.165) is 46.1 Å². The number of hydrogen-bond acceptors (Lipinski definition) is 4. The second-order valence-corrected chi connectivity index (χ2v) is 5.48. The molecule has 2 saturated heterocycles. The van der Waals surface area contributed by atoms with Crippen molar-refractivity contribution in [1.29, 1.82) is 0 Å². The van der Waals surface area contributed by atoms with Crippen LogP contribution in [0.15, 0.2) is 0 Å². The average Bonchev–Trinajstić information content (AvgIpc) is 3.22. The van der Waals surface area contributed by atoms with Crippen LogP contribution in [0.5, 0.6) is 0 Å². The van der Waals surface area contributed by atoms with Gasteiger partial charge in [-0.2, -0.15) is 0 Å². The number of rotatable bonds is 12. The first-order valence-electron chi connectivity index (χ1n) is 7.23. The van der Waals surface area contributed by atoms with Gasteiger partial charge in [-0.3, -0.25) is 0 Å². The Bertz CT molecular complexity index is 214. The molecule has 0 bridgehead atoms. The van der Waals surface area contributed by atoms with E-state index in [0.29, 0.717) is 18.1 Å². The van der Waals surface area contributed by atoms with Gasteiger partial charge in [-0.1, -0.05) is 19.8 Å². The summed E-state index contributed by atoms with van der Waals surface area (Å²) in [5.41, 5.74) is 0. The van der Waals surface area contributed by atoms with Crippen LogP contribution in [0, 0.1) is 5.92 Å². The third-order valence-corrected chi connectivity index (χ3v) is 3.30. The van der Waals surface area contributed by atoms with Crippen LogP contribution in [-0.4, -0.2) is 51.8 Å². The van der Waals surface area contributed by atoms with E-state index >= 15 is 0 Å². The van der Waals surface area contributed by atoms with Crippen LogP contribution in [0.4, 0.5) is 0 Å². The summed E-state index contributed by atoms with van der Waals surface area (Å²) in [6.07, 6.45) is 5.73. The smallest absolute Gasteiger partial charge is 0.104 e. The Balaban J connectivity index is 1.28. The first-order chi connectivity index (χ1) is 8.84. The molecular weight excluding hydrogens is 232 g/mol. The number of epoxide rings is 2. The molecule has 0 amide bonds. The molecule has 2 fully saturated rings. The highest BCUT2D eigenvalue weighted by Crippen LogP contribution is 2.13. The summed E-state index contributed by atoms with van der Waals surface area (Å²) in [5, 5.41) is 0. The summed E-state index contributed by atoms with van der Waals surface area (Å²) < 4.78 is 21.3. The summed E-state index contributed by atoms with van der Waals surface area (Å²) in [6.45, 7) is 7.35. The second-order valence-electron chi connectivity index (χ2n) is 5.48. The molecule has 2 aliphatic rings. The van der Waals surface area contributed by atoms with Crippen molar-refractivity contribution in [3.05, 3.63) is 0 Å². The molecule has 4 nitrogen and oxygen atoms in total. The zero-order valence-electron chi connectivity index (χ0n) is 11.4. The molecular formula is C14H26O4. The molecule has 2 rings (SSSR count). The minimum absolute atomic E-state index is 0.393. The Labute approximate surface area is 110 Å². The van der Waals surface area contributed by atoms with E-state index in [1.165, 1.54) is 19.3 Å². The molecule has 2 heterocycles. The quantitative estimate of drug-likeness (QED) is 0.397. The van der Waals surface area contributed by atoms with Gasteiger partial charge in [-0.15, -0.1) is 0 Å². The molecule has 0 radical (unpaired) electrons. The fraction of sp³-hybridized carbons (Fsp3) is 1.00. The van der Waals surface area contributed by atoms with E-state index in [2.05, 4.69) is 6.92 Å². The second kappa shape index (κ2) is 8.10. The van der Waals surface area contributed by atoms with Gasteiger partial charge in [0.25, 0.3) is 0 Å². The van der Waals surface area contributed by atoms with E-state index < -0.39 is 0 Å². The summed E-state index contributed by atoms with van der Waals surface area (Å²) >= 11 is 0. The van der Waals surface area contributed by atoms with Crippen molar-refractivity contribution in [3.63, 3.8) is 0 Å². The molecule has 0 aromatic heterocycles. The molecule has 0 N–H and O–H groups in total. The fourth-order valence-electron chi connectivity index (χ4n) is 1.90. The van der Waals surface area contributed by atoms with Crippen molar-refractivity contribution in [3.8, 4) is 0 Å². The number of unbranched alkanes of at least 4 members (excludes halogenated alkanes) is 2. The molecule has 3 unspecified atom stereocenters. The van der Waals surface area contributed by atoms with Gasteiger partial charge < -0.3 is 18.9 Å². The Kier molecular flexibility index (Phi) is 6.41. The lowest BCUT2D eigenvalue weighted by Crippen LogP contribution is -2.10. The fourth-order valence-corrected chi connectivity index (χ4v) is 1.90. The van der Waals surface area contributed by atoms with Crippen molar-refractivity contribution in [2.45, 2.75) is 44.8 Å². The third kappa shape index (κ3) is 7.31. The van der Waals surface area contributed by atoms with E-state index in [9.17, 15) is 0 Å². The molecule has 0 saturated carbocycles. The van der Waals surface area contributed by atoms with Crippen molar-refractivity contribution in [1.82, 2.24) is 0 Å². The summed E-state index contributed by atoms with van der Waals surface area (Å²) in [7, 11) is 0. The maximum atomic E-state index is 5.58. The van der Waals surface area contributed by atoms with E-state index in [4.69, 9.17) is 18.9 Å². The standard InChI is InChI=1S/C14H26O4/c1-12(7-16-9-14-11-18-14)5-3-2-4-6-15-8-13-10-17-13/h12-14H,2-11H2,1H3. The summed E-state index contributed by atoms with van der Waals surface area (Å²) in [4.78, 5) is 0. The lowest BCUT2D eigenvalue weighted by atomic mass is 10.0. The van der Waals surface area contributed by atoms with Crippen LogP contribution in [0.25, 0.3) is 0 Å². The predicted octanol–water partition coefficient (Wildman–Crippen LogP) is 2.01. The molecule has 3 atom stereocenters. The highest BCUT2D eigenvalue weighted by atomic mass is 16.6. The highest BCUT2D eigenvalue weighted by Gasteiger charge is 2.22. The van der Waals surface area contributed by atoms with Gasteiger partial charge in [-0.25, -0.2) is 0 Å². The Morgan fingerprint density at radius 3 is 2.33 bits per heavy atom. The number of ether oxygens (including phenoxy) is 4. The van der Waals surface area contributed by atoms with Gasteiger partial charge in [0.15, 0.2) is 0 Å². The zero-order chi connectivity index (χ0) is 12.6. The lowest BCUT2D eigenvalue weighted by Gasteiger charge is -2.11. The predicted molar refractivity (Wildman–Crippen MR) is 68.8 cm³/mol. The monoisotopic (exact) mass is 258 g/mol. The maximum Gasteiger partial charge on any atom is 0.104 e. The van der Waals surface area contributed by atoms with Crippen LogP contribution < -0.4 is 0 Å². The molecule has 0 aliphatic carbocycles. The van der Waals surface area contributed by atoms with Crippen LogP contribution >= 0.6 is 0 Å². The van der Waals surface area contributed by atoms with E-state index in [1.54, 1.807) is 0 Å². The van der Waals surface area contributed by atoms with Gasteiger partial charge in [0.05, 0.1) is 26.4 Å². The molecule has 0 aromatic carbocycles. The SMILES string of the molecule is CC(CCCCCOCC1CO1)COCC1CO1. The van der Waals surface area contributed by atoms with Crippen molar-refractivity contribution >= 4 is 0 Å². The van der Waals surface area contributed by atoms with Crippen molar-refractivity contribution < 1.29 is 18.9 Å². The minimum atomic E-state index is 0.393. The normalized spacial score (nSPS) is 27.2. The van der Waals surface area contributed by atoms with E-state index in [-0.39, 0.29) is 0 Å². The van der Waals surface area contributed by atoms with Crippen LogP contribution in [0.3, 0.4) is 0 Å². The van der Waals surface area contributed by atoms with Crippen molar-refractivity contribution in [2.24, 2.45) is 5.92 Å². The molecule has 0 aromatic rings. The van der Waals surface area contributed by atoms with Crippen molar-refractivity contribution in [2.75, 3.05) is 39.6 Å². The maximum absolute atomic E-state index is 5.58. The van der Waals surface area contributed by atoms with Gasteiger partial charge in [-0.05, 0) is 18.8 Å². The first kappa shape index (κ1) is 14.3. The summed E-state index contributed by atoms with van der Waals surface area (Å²) in [6, 6.07) is 0. The molecule has 18 heavy (non-hydrogen) atoms. The summed E-state index contributed by atoms with van der Waals surface area (Å²) in [5.74, 6) is 0.657. The van der Waals surface area contributed by atoms with E-state index in [1.807, 2.05) is 0 Å². The Morgan fingerprint density at radius 2 is 1.67 bits per heavy atom. The van der Waals surface area contributed by atoms with Crippen LogP contribution in [0.1, 0.15) is 32.6 Å². The largest absolute Gasteiger partial charge is 0.379 e.